The largest absolute Gasteiger partial charge is 1.00 e. The van der Waals surface area contributed by atoms with Crippen molar-refractivity contribution in [2.45, 2.75) is 31.7 Å². The van der Waals surface area contributed by atoms with E-state index in [0.29, 0.717) is 12.1 Å². The quantitative estimate of drug-likeness (QED) is 0.286. The third-order valence-corrected chi connectivity index (χ3v) is 3.98. The predicted molar refractivity (Wildman–Crippen MR) is 83.8 cm³/mol. The van der Waals surface area contributed by atoms with E-state index >= 15 is 0 Å². The summed E-state index contributed by atoms with van der Waals surface area (Å²) in [4.78, 5) is 51.9. The van der Waals surface area contributed by atoms with Gasteiger partial charge < -0.3 is 19.6 Å². The van der Waals surface area contributed by atoms with Gasteiger partial charge in [-0.1, -0.05) is 18.2 Å². The molecule has 1 aliphatic heterocycles. The molecule has 1 atom stereocenters. The Kier molecular flexibility index (Phi) is 9.50. The number of rotatable bonds is 8. The number of Topliss-reactive ketones (excluding diaryl/α,β-unsaturated/α-hetero) is 1. The topological polar surface area (TPSA) is 116 Å². The molecule has 0 spiro atoms. The minimum atomic E-state index is -1.78. The Morgan fingerprint density at radius 3 is 2.50 bits per heavy atom. The summed E-state index contributed by atoms with van der Waals surface area (Å²) in [5, 5.41) is 10.4. The van der Waals surface area contributed by atoms with E-state index in [1.54, 1.807) is 35.2 Å². The number of benzene rings is 1. The average Bonchev–Trinajstić information content (AvgIpc) is 3.08. The zero-order valence-electron chi connectivity index (χ0n) is 14.6. The molecule has 1 aliphatic rings. The van der Waals surface area contributed by atoms with Crippen LogP contribution in [0.4, 0.5) is 0 Å². The molecule has 1 saturated heterocycles. The summed E-state index contributed by atoms with van der Waals surface area (Å²) in [5.74, 6) is -3.68. The number of hydroxylamine groups is 1. The number of hydrogen-bond donors (Lipinski definition) is 1. The third kappa shape index (κ3) is 6.53. The molecule has 0 radical (unpaired) electrons. The van der Waals surface area contributed by atoms with E-state index in [-0.39, 0.29) is 60.9 Å². The molecule has 0 aromatic heterocycles. The molecule has 26 heavy (non-hydrogen) atoms. The number of likely N-dealkylation sites (tertiary alicyclic amines) is 1. The van der Waals surface area contributed by atoms with Gasteiger partial charge in [0, 0.05) is 25.4 Å². The molecule has 2 rings (SSSR count). The first-order chi connectivity index (χ1) is 12.0. The van der Waals surface area contributed by atoms with Crippen LogP contribution in [-0.4, -0.2) is 47.7 Å². The van der Waals surface area contributed by atoms with E-state index in [4.69, 9.17) is 4.84 Å². The molecule has 1 heterocycles. The van der Waals surface area contributed by atoms with Crippen LogP contribution in [0.25, 0.3) is 0 Å². The van der Waals surface area contributed by atoms with Crippen LogP contribution in [-0.2, 0) is 19.2 Å². The number of amides is 1. The maximum atomic E-state index is 12.1. The first kappa shape index (κ1) is 22.3. The number of carbonyl (C=O) groups is 4. The molecule has 8 nitrogen and oxygen atoms in total. The van der Waals surface area contributed by atoms with Crippen LogP contribution in [0.5, 0.6) is 0 Å². The van der Waals surface area contributed by atoms with Crippen LogP contribution in [0.15, 0.2) is 30.3 Å². The van der Waals surface area contributed by atoms with Gasteiger partial charge in [0.2, 0.25) is 5.91 Å². The number of nitrogens with one attached hydrogen (secondary N) is 1. The van der Waals surface area contributed by atoms with E-state index in [1.807, 2.05) is 0 Å². The molecule has 1 N–H and O–H groups in total. The molecular weight excluding hydrogens is 351 g/mol. The second kappa shape index (κ2) is 11.1. The number of carbonyl (C=O) groups excluding carboxylic acids is 4. The van der Waals surface area contributed by atoms with Crippen molar-refractivity contribution in [2.24, 2.45) is 0 Å². The van der Waals surface area contributed by atoms with Gasteiger partial charge in [0.1, 0.15) is 5.97 Å². The summed E-state index contributed by atoms with van der Waals surface area (Å²) in [6, 6.07) is 8.32. The van der Waals surface area contributed by atoms with Crippen LogP contribution in [0.2, 0.25) is 0 Å². The third-order valence-electron chi connectivity index (χ3n) is 3.98. The number of hydrogen-bond acceptors (Lipinski definition) is 7. The minimum absolute atomic E-state index is 0. The van der Waals surface area contributed by atoms with Gasteiger partial charge in [0.05, 0.1) is 12.1 Å². The predicted octanol–water partition coefficient (Wildman–Crippen LogP) is -3.56. The van der Waals surface area contributed by atoms with Crippen LogP contribution in [0, 0.1) is 0 Å². The van der Waals surface area contributed by atoms with E-state index in [9.17, 15) is 24.3 Å². The number of carboxylic acids is 1. The number of ketones is 1. The maximum absolute atomic E-state index is 12.1. The summed E-state index contributed by atoms with van der Waals surface area (Å²) in [5.41, 5.74) is 2.99. The molecule has 1 aromatic rings. The normalized spacial score (nSPS) is 15.8. The molecule has 0 aliphatic carbocycles. The average molecular weight is 370 g/mol. The monoisotopic (exact) mass is 370 g/mol. The molecule has 9 heteroatoms. The van der Waals surface area contributed by atoms with Gasteiger partial charge in [-0.15, -0.1) is 0 Å². The van der Waals surface area contributed by atoms with Crippen LogP contribution in [0.1, 0.15) is 36.0 Å². The summed E-state index contributed by atoms with van der Waals surface area (Å²) in [6.45, 7) is 0.788. The fourth-order valence-electron chi connectivity index (χ4n) is 2.68. The van der Waals surface area contributed by atoms with E-state index in [1.165, 1.54) is 0 Å². The van der Waals surface area contributed by atoms with Crippen molar-refractivity contribution in [1.29, 1.82) is 0 Å². The molecule has 1 aromatic carbocycles. The standard InChI is InChI=1S/C17H20N2O6.Na/c20-14(16(22)23)8-9-15(21)19-10-4-7-13(19)11-18-25-17(24)12-5-2-1-3-6-12;/h1-3,5-6,13,18H,4,7-11H2,(H,22,23);/q;+1/p-1/t13-;/m0./s1. The Morgan fingerprint density at radius 2 is 1.85 bits per heavy atom. The number of carboxylic acid groups (broad SMARTS) is 1. The molecule has 1 amide bonds. The maximum Gasteiger partial charge on any atom is 1.00 e. The molecule has 1 fully saturated rings. The van der Waals surface area contributed by atoms with Crippen molar-refractivity contribution in [3.8, 4) is 0 Å². The SMILES string of the molecule is O=C([O-])C(=O)CCC(=O)N1CCC[C@H]1CNOC(=O)c1ccccc1.[Na+]. The Bertz CT molecular complexity index is 652. The van der Waals surface area contributed by atoms with Crippen molar-refractivity contribution in [1.82, 2.24) is 10.4 Å². The van der Waals surface area contributed by atoms with Crippen molar-refractivity contribution in [3.05, 3.63) is 35.9 Å². The zero-order valence-corrected chi connectivity index (χ0v) is 16.6. The number of aliphatic carboxylic acids is 1. The first-order valence-corrected chi connectivity index (χ1v) is 8.01. The fraction of sp³-hybridized carbons (Fsp3) is 0.412. The fourth-order valence-corrected chi connectivity index (χ4v) is 2.68. The molecule has 0 unspecified atom stereocenters. The number of nitrogens with zero attached hydrogens (tertiary/aromatic N) is 1. The Labute approximate surface area is 173 Å². The smallest absolute Gasteiger partial charge is 0.542 e. The van der Waals surface area contributed by atoms with Gasteiger partial charge in [-0.3, -0.25) is 9.59 Å². The van der Waals surface area contributed by atoms with Crippen molar-refractivity contribution in [3.63, 3.8) is 0 Å². The summed E-state index contributed by atoms with van der Waals surface area (Å²) in [6.07, 6.45) is 0.975. The van der Waals surface area contributed by atoms with E-state index in [2.05, 4.69) is 5.48 Å². The van der Waals surface area contributed by atoms with Crippen molar-refractivity contribution >= 4 is 23.6 Å². The van der Waals surface area contributed by atoms with Gasteiger partial charge >= 0.3 is 35.5 Å². The van der Waals surface area contributed by atoms with E-state index in [0.717, 1.165) is 12.8 Å². The van der Waals surface area contributed by atoms with Crippen molar-refractivity contribution in [2.75, 3.05) is 13.1 Å². The second-order valence-corrected chi connectivity index (χ2v) is 5.70. The van der Waals surface area contributed by atoms with Gasteiger partial charge in [-0.05, 0) is 25.0 Å². The van der Waals surface area contributed by atoms with Gasteiger partial charge in [0.25, 0.3) is 0 Å². The van der Waals surface area contributed by atoms with Gasteiger partial charge in [-0.2, -0.15) is 5.48 Å². The minimum Gasteiger partial charge on any atom is -0.542 e. The zero-order chi connectivity index (χ0) is 18.2. The summed E-state index contributed by atoms with van der Waals surface area (Å²) >= 11 is 0. The first-order valence-electron chi connectivity index (χ1n) is 8.01. The van der Waals surface area contributed by atoms with Crippen LogP contribution >= 0.6 is 0 Å². The van der Waals surface area contributed by atoms with Gasteiger partial charge in [0.15, 0.2) is 5.78 Å². The molecular formula is C17H19N2NaO6. The van der Waals surface area contributed by atoms with Crippen molar-refractivity contribution < 1.29 is 58.7 Å². The Hall–Kier alpha value is -1.74. The summed E-state index contributed by atoms with van der Waals surface area (Å²) in [7, 11) is 0. The Morgan fingerprint density at radius 1 is 1.15 bits per heavy atom. The molecule has 134 valence electrons. The summed E-state index contributed by atoms with van der Waals surface area (Å²) < 4.78 is 0. The molecule has 0 bridgehead atoms. The molecule has 0 saturated carbocycles. The second-order valence-electron chi connectivity index (χ2n) is 5.70. The van der Waals surface area contributed by atoms with Gasteiger partial charge in [-0.25, -0.2) is 4.79 Å². The Balaban J connectivity index is 0.00000338. The van der Waals surface area contributed by atoms with Crippen LogP contribution < -0.4 is 40.1 Å². The van der Waals surface area contributed by atoms with E-state index < -0.39 is 17.7 Å². The van der Waals surface area contributed by atoms with Crippen LogP contribution in [0.3, 0.4) is 0 Å².